The Morgan fingerprint density at radius 1 is 1.30 bits per heavy atom. The summed E-state index contributed by atoms with van der Waals surface area (Å²) in [6.07, 6.45) is 5.22. The van der Waals surface area contributed by atoms with Gasteiger partial charge in [-0.25, -0.2) is 4.98 Å². The summed E-state index contributed by atoms with van der Waals surface area (Å²) in [5, 5.41) is 3.25. The maximum Gasteiger partial charge on any atom is 0.102 e. The lowest BCUT2D eigenvalue weighted by atomic mass is 10.1. The molecule has 3 nitrogen and oxygen atoms in total. The summed E-state index contributed by atoms with van der Waals surface area (Å²) in [5.74, 6) is 0. The lowest BCUT2D eigenvalue weighted by Gasteiger charge is -2.20. The van der Waals surface area contributed by atoms with Crippen LogP contribution < -0.4 is 0 Å². The minimum absolute atomic E-state index is 0.194. The molecular weight excluding hydrogens is 419 g/mol. The van der Waals surface area contributed by atoms with Crippen molar-refractivity contribution in [2.24, 2.45) is 0 Å². The van der Waals surface area contributed by atoms with Crippen LogP contribution in [0.25, 0.3) is 0 Å². The zero-order chi connectivity index (χ0) is 16.2. The quantitative estimate of drug-likeness (QED) is 0.480. The van der Waals surface area contributed by atoms with Gasteiger partial charge in [0.05, 0.1) is 23.3 Å². The number of hydrogen-bond acceptors (Lipinski definition) is 3. The zero-order valence-corrected chi connectivity index (χ0v) is 15.9. The van der Waals surface area contributed by atoms with Crippen molar-refractivity contribution >= 4 is 50.5 Å². The molecule has 1 aromatic carbocycles. The van der Waals surface area contributed by atoms with Gasteiger partial charge in [0.25, 0.3) is 0 Å². The van der Waals surface area contributed by atoms with Gasteiger partial charge in [0.2, 0.25) is 0 Å². The molecule has 0 fully saturated rings. The van der Waals surface area contributed by atoms with Crippen molar-refractivity contribution in [1.29, 1.82) is 0 Å². The standard InChI is InChI=1S/C16H13BrCl2N2OS/c17-16-11(3-6-23-16)9-22-15(8-21-5-4-20-10-21)13-2-1-12(18)7-14(13)19/h1-7,10,15H,8-9H2. The maximum absolute atomic E-state index is 6.36. The molecule has 3 rings (SSSR count). The number of hydrogen-bond donors (Lipinski definition) is 0. The maximum atomic E-state index is 6.36. The Labute approximate surface area is 157 Å². The average molecular weight is 432 g/mol. The fourth-order valence-corrected chi connectivity index (χ4v) is 3.93. The van der Waals surface area contributed by atoms with E-state index in [1.54, 1.807) is 29.9 Å². The summed E-state index contributed by atoms with van der Waals surface area (Å²) in [6, 6.07) is 7.53. The Kier molecular flexibility index (Phi) is 5.77. The monoisotopic (exact) mass is 430 g/mol. The van der Waals surface area contributed by atoms with E-state index < -0.39 is 0 Å². The third-order valence-electron chi connectivity index (χ3n) is 3.38. The van der Waals surface area contributed by atoms with Gasteiger partial charge in [0, 0.05) is 33.6 Å². The summed E-state index contributed by atoms with van der Waals surface area (Å²) < 4.78 is 9.20. The van der Waals surface area contributed by atoms with E-state index in [1.807, 2.05) is 34.3 Å². The van der Waals surface area contributed by atoms with E-state index in [0.717, 1.165) is 14.9 Å². The van der Waals surface area contributed by atoms with E-state index >= 15 is 0 Å². The fraction of sp³-hybridized carbons (Fsp3) is 0.188. The van der Waals surface area contributed by atoms with E-state index in [0.29, 0.717) is 23.2 Å². The molecular formula is C16H13BrCl2N2OS. The van der Waals surface area contributed by atoms with Crippen LogP contribution >= 0.6 is 50.5 Å². The van der Waals surface area contributed by atoms with E-state index in [2.05, 4.69) is 20.9 Å². The molecule has 0 N–H and O–H groups in total. The van der Waals surface area contributed by atoms with Gasteiger partial charge in [-0.15, -0.1) is 11.3 Å². The second-order valence-electron chi connectivity index (χ2n) is 4.94. The van der Waals surface area contributed by atoms with Gasteiger partial charge < -0.3 is 9.30 Å². The summed E-state index contributed by atoms with van der Waals surface area (Å²) in [7, 11) is 0. The van der Waals surface area contributed by atoms with E-state index in [1.165, 1.54) is 0 Å². The molecule has 2 heterocycles. The van der Waals surface area contributed by atoms with Crippen molar-refractivity contribution in [2.45, 2.75) is 19.3 Å². The van der Waals surface area contributed by atoms with Crippen molar-refractivity contribution in [3.63, 3.8) is 0 Å². The van der Waals surface area contributed by atoms with E-state index in [4.69, 9.17) is 27.9 Å². The van der Waals surface area contributed by atoms with Crippen molar-refractivity contribution in [3.05, 3.63) is 73.3 Å². The van der Waals surface area contributed by atoms with Gasteiger partial charge in [-0.2, -0.15) is 0 Å². The predicted molar refractivity (Wildman–Crippen MR) is 98.2 cm³/mol. The van der Waals surface area contributed by atoms with Gasteiger partial charge in [-0.05, 0) is 39.5 Å². The normalized spacial score (nSPS) is 12.5. The first-order valence-electron chi connectivity index (χ1n) is 6.87. The highest BCUT2D eigenvalue weighted by Gasteiger charge is 2.17. The van der Waals surface area contributed by atoms with Crippen molar-refractivity contribution in [2.75, 3.05) is 0 Å². The summed E-state index contributed by atoms with van der Waals surface area (Å²) in [4.78, 5) is 4.08. The number of benzene rings is 1. The zero-order valence-electron chi connectivity index (χ0n) is 12.0. The number of nitrogens with zero attached hydrogens (tertiary/aromatic N) is 2. The third kappa shape index (κ3) is 4.37. The van der Waals surface area contributed by atoms with Gasteiger partial charge in [-0.1, -0.05) is 29.3 Å². The minimum Gasteiger partial charge on any atom is -0.367 e. The molecule has 0 bridgehead atoms. The Morgan fingerprint density at radius 3 is 2.83 bits per heavy atom. The molecule has 7 heteroatoms. The molecule has 0 aliphatic rings. The first kappa shape index (κ1) is 17.0. The molecule has 0 aliphatic heterocycles. The number of ether oxygens (including phenoxy) is 1. The molecule has 0 amide bonds. The smallest absolute Gasteiger partial charge is 0.102 e. The molecule has 0 radical (unpaired) electrons. The molecule has 23 heavy (non-hydrogen) atoms. The molecule has 1 atom stereocenters. The highest BCUT2D eigenvalue weighted by Crippen LogP contribution is 2.32. The number of imidazole rings is 1. The topological polar surface area (TPSA) is 27.1 Å². The number of aromatic nitrogens is 2. The van der Waals surface area contributed by atoms with E-state index in [-0.39, 0.29) is 6.10 Å². The van der Waals surface area contributed by atoms with Gasteiger partial charge in [-0.3, -0.25) is 0 Å². The van der Waals surface area contributed by atoms with Crippen molar-refractivity contribution in [1.82, 2.24) is 9.55 Å². The van der Waals surface area contributed by atoms with Gasteiger partial charge in [0.15, 0.2) is 0 Å². The van der Waals surface area contributed by atoms with Crippen LogP contribution in [0.5, 0.6) is 0 Å². The van der Waals surface area contributed by atoms with Crippen LogP contribution in [0.3, 0.4) is 0 Å². The van der Waals surface area contributed by atoms with Crippen molar-refractivity contribution < 1.29 is 4.74 Å². The second kappa shape index (κ2) is 7.81. The van der Waals surface area contributed by atoms with E-state index in [9.17, 15) is 0 Å². The second-order valence-corrected chi connectivity index (χ2v) is 8.02. The number of halogens is 3. The van der Waals surface area contributed by atoms with Crippen LogP contribution in [0, 0.1) is 0 Å². The van der Waals surface area contributed by atoms with Crippen LogP contribution in [-0.2, 0) is 17.9 Å². The van der Waals surface area contributed by atoms with Crippen molar-refractivity contribution in [3.8, 4) is 0 Å². The van der Waals surface area contributed by atoms with Gasteiger partial charge in [0.1, 0.15) is 6.10 Å². The summed E-state index contributed by atoms with van der Waals surface area (Å²) in [5.41, 5.74) is 2.03. The molecule has 0 saturated carbocycles. The fourth-order valence-electron chi connectivity index (χ4n) is 2.20. The van der Waals surface area contributed by atoms with Crippen LogP contribution in [0.2, 0.25) is 10.0 Å². The Hall–Kier alpha value is -0.850. The SMILES string of the molecule is Clc1ccc(C(Cn2ccnc2)OCc2ccsc2Br)c(Cl)c1. The lowest BCUT2D eigenvalue weighted by molar-refractivity contribution is 0.0279. The third-order valence-corrected chi connectivity index (χ3v) is 5.75. The minimum atomic E-state index is -0.194. The van der Waals surface area contributed by atoms with Crippen LogP contribution in [-0.4, -0.2) is 9.55 Å². The van der Waals surface area contributed by atoms with Crippen LogP contribution in [0.4, 0.5) is 0 Å². The molecule has 3 aromatic rings. The first-order valence-corrected chi connectivity index (χ1v) is 9.30. The Morgan fingerprint density at radius 2 is 2.17 bits per heavy atom. The summed E-state index contributed by atoms with van der Waals surface area (Å²) >= 11 is 17.5. The predicted octanol–water partition coefficient (Wildman–Crippen LogP) is 5.97. The molecule has 120 valence electrons. The molecule has 2 aromatic heterocycles. The molecule has 0 spiro atoms. The molecule has 1 unspecified atom stereocenters. The Bertz CT molecular complexity index is 776. The van der Waals surface area contributed by atoms with Crippen LogP contribution in [0.15, 0.2) is 52.2 Å². The first-order chi connectivity index (χ1) is 11.1. The largest absolute Gasteiger partial charge is 0.367 e. The van der Waals surface area contributed by atoms with Crippen LogP contribution in [0.1, 0.15) is 17.2 Å². The Balaban J connectivity index is 1.82. The highest BCUT2D eigenvalue weighted by molar-refractivity contribution is 9.11. The highest BCUT2D eigenvalue weighted by atomic mass is 79.9. The number of rotatable bonds is 6. The average Bonchev–Trinajstić information content (AvgIpc) is 3.16. The van der Waals surface area contributed by atoms with Gasteiger partial charge >= 0.3 is 0 Å². The lowest BCUT2D eigenvalue weighted by Crippen LogP contribution is -2.12. The summed E-state index contributed by atoms with van der Waals surface area (Å²) in [6.45, 7) is 1.13. The molecule has 0 saturated heterocycles. The molecule has 0 aliphatic carbocycles. The number of thiophene rings is 1.